The number of benzene rings is 1. The third-order valence-corrected chi connectivity index (χ3v) is 3.09. The van der Waals surface area contributed by atoms with Gasteiger partial charge in [0.2, 0.25) is 0 Å². The van der Waals surface area contributed by atoms with E-state index < -0.39 is 0 Å². The molecule has 0 aliphatic carbocycles. The molecule has 0 saturated heterocycles. The largest absolute Gasteiger partial charge is 0.379 e. The van der Waals surface area contributed by atoms with Gasteiger partial charge < -0.3 is 5.32 Å². The topological polar surface area (TPSA) is 24.9 Å². The van der Waals surface area contributed by atoms with Crippen LogP contribution in [0.1, 0.15) is 11.3 Å². The zero-order chi connectivity index (χ0) is 12.3. The summed E-state index contributed by atoms with van der Waals surface area (Å²) in [5, 5.41) is 4.69. The average molecular weight is 267 g/mol. The van der Waals surface area contributed by atoms with Gasteiger partial charge in [0.1, 0.15) is 0 Å². The van der Waals surface area contributed by atoms with Crippen molar-refractivity contribution in [2.24, 2.45) is 0 Å². The van der Waals surface area contributed by atoms with Crippen molar-refractivity contribution >= 4 is 28.9 Å². The summed E-state index contributed by atoms with van der Waals surface area (Å²) >= 11 is 12.0. The third kappa shape index (κ3) is 3.11. The van der Waals surface area contributed by atoms with Crippen molar-refractivity contribution in [2.75, 3.05) is 5.32 Å². The minimum absolute atomic E-state index is 0.631. The summed E-state index contributed by atoms with van der Waals surface area (Å²) in [4.78, 5) is 4.21. The van der Waals surface area contributed by atoms with Gasteiger partial charge in [-0.15, -0.1) is 0 Å². The minimum atomic E-state index is 0.631. The Morgan fingerprint density at radius 2 is 2.06 bits per heavy atom. The highest BCUT2D eigenvalue weighted by Gasteiger charge is 2.02. The van der Waals surface area contributed by atoms with Gasteiger partial charge in [-0.3, -0.25) is 4.98 Å². The van der Waals surface area contributed by atoms with Crippen LogP contribution in [-0.2, 0) is 6.54 Å². The van der Waals surface area contributed by atoms with Gasteiger partial charge in [0.25, 0.3) is 0 Å². The lowest BCUT2D eigenvalue weighted by molar-refractivity contribution is 1.11. The van der Waals surface area contributed by atoms with Crippen LogP contribution in [0.3, 0.4) is 0 Å². The van der Waals surface area contributed by atoms with E-state index in [9.17, 15) is 0 Å². The van der Waals surface area contributed by atoms with E-state index in [2.05, 4.69) is 10.3 Å². The van der Waals surface area contributed by atoms with Crippen molar-refractivity contribution in [1.29, 1.82) is 0 Å². The maximum Gasteiger partial charge on any atom is 0.0603 e. The van der Waals surface area contributed by atoms with E-state index in [4.69, 9.17) is 23.2 Å². The summed E-state index contributed by atoms with van der Waals surface area (Å²) < 4.78 is 0. The van der Waals surface area contributed by atoms with Gasteiger partial charge in [-0.2, -0.15) is 0 Å². The Labute approximate surface area is 111 Å². The van der Waals surface area contributed by atoms with E-state index in [0.29, 0.717) is 16.6 Å². The number of aromatic nitrogens is 1. The molecule has 1 N–H and O–H groups in total. The average Bonchev–Trinajstić information content (AvgIpc) is 2.32. The summed E-state index contributed by atoms with van der Waals surface area (Å²) in [6.07, 6.45) is 1.77. The monoisotopic (exact) mass is 266 g/mol. The van der Waals surface area contributed by atoms with Crippen LogP contribution in [0.5, 0.6) is 0 Å². The van der Waals surface area contributed by atoms with Crippen LogP contribution in [0.15, 0.2) is 36.5 Å². The van der Waals surface area contributed by atoms with Crippen molar-refractivity contribution in [2.45, 2.75) is 13.5 Å². The number of hydrogen-bond donors (Lipinski definition) is 1. The number of pyridine rings is 1. The number of nitrogens with zero attached hydrogens (tertiary/aromatic N) is 1. The van der Waals surface area contributed by atoms with Gasteiger partial charge in [-0.25, -0.2) is 0 Å². The Balaban J connectivity index is 2.12. The van der Waals surface area contributed by atoms with Crippen LogP contribution in [0.2, 0.25) is 10.0 Å². The fraction of sp³-hybridized carbons (Fsp3) is 0.154. The van der Waals surface area contributed by atoms with E-state index in [1.165, 1.54) is 0 Å². The van der Waals surface area contributed by atoms with Crippen molar-refractivity contribution in [3.05, 3.63) is 57.8 Å². The molecule has 0 spiro atoms. The molecule has 0 aliphatic heterocycles. The van der Waals surface area contributed by atoms with Gasteiger partial charge in [0.15, 0.2) is 0 Å². The maximum absolute atomic E-state index is 6.09. The van der Waals surface area contributed by atoms with Crippen LogP contribution in [-0.4, -0.2) is 4.98 Å². The Kier molecular flexibility index (Phi) is 3.87. The second-order valence-corrected chi connectivity index (χ2v) is 4.57. The first-order chi connectivity index (χ1) is 8.16. The predicted molar refractivity (Wildman–Crippen MR) is 72.8 cm³/mol. The van der Waals surface area contributed by atoms with Gasteiger partial charge in [-0.05, 0) is 42.8 Å². The van der Waals surface area contributed by atoms with E-state index in [1.807, 2.05) is 25.1 Å². The lowest BCUT2D eigenvalue weighted by Gasteiger charge is -2.10. The highest BCUT2D eigenvalue weighted by atomic mass is 35.5. The Morgan fingerprint density at radius 3 is 2.82 bits per heavy atom. The van der Waals surface area contributed by atoms with Gasteiger partial charge in [0.05, 0.1) is 11.4 Å². The van der Waals surface area contributed by atoms with E-state index in [-0.39, 0.29) is 0 Å². The fourth-order valence-corrected chi connectivity index (χ4v) is 1.92. The molecule has 0 aliphatic rings. The van der Waals surface area contributed by atoms with Crippen molar-refractivity contribution in [1.82, 2.24) is 4.98 Å². The lowest BCUT2D eigenvalue weighted by Crippen LogP contribution is -2.02. The zero-order valence-electron chi connectivity index (χ0n) is 9.37. The molecule has 0 radical (unpaired) electrons. The molecule has 2 aromatic rings. The summed E-state index contributed by atoms with van der Waals surface area (Å²) in [6.45, 7) is 2.59. The summed E-state index contributed by atoms with van der Waals surface area (Å²) in [6, 6.07) is 9.33. The Hall–Kier alpha value is -1.25. The van der Waals surface area contributed by atoms with Crippen LogP contribution >= 0.6 is 23.2 Å². The van der Waals surface area contributed by atoms with Crippen molar-refractivity contribution < 1.29 is 0 Å². The summed E-state index contributed by atoms with van der Waals surface area (Å²) in [7, 11) is 0. The highest BCUT2D eigenvalue weighted by molar-refractivity contribution is 6.33. The molecule has 0 fully saturated rings. The molecule has 1 heterocycles. The molecule has 17 heavy (non-hydrogen) atoms. The SMILES string of the molecule is Cc1ncccc1NCc1cc(Cl)ccc1Cl. The molecule has 1 aromatic carbocycles. The van der Waals surface area contributed by atoms with Crippen molar-refractivity contribution in [3.63, 3.8) is 0 Å². The van der Waals surface area contributed by atoms with Crippen LogP contribution in [0, 0.1) is 6.92 Å². The third-order valence-electron chi connectivity index (χ3n) is 2.48. The number of aryl methyl sites for hydroxylation is 1. The summed E-state index contributed by atoms with van der Waals surface area (Å²) in [5.41, 5.74) is 2.94. The molecule has 2 rings (SSSR count). The van der Waals surface area contributed by atoms with E-state index in [1.54, 1.807) is 18.3 Å². The van der Waals surface area contributed by atoms with Gasteiger partial charge in [0, 0.05) is 22.8 Å². The molecule has 4 heteroatoms. The Bertz CT molecular complexity index is 527. The molecule has 0 amide bonds. The molecule has 0 bridgehead atoms. The van der Waals surface area contributed by atoms with Gasteiger partial charge >= 0.3 is 0 Å². The van der Waals surface area contributed by atoms with Crippen molar-refractivity contribution in [3.8, 4) is 0 Å². The second-order valence-electron chi connectivity index (χ2n) is 3.73. The molecule has 1 aromatic heterocycles. The van der Waals surface area contributed by atoms with Crippen LogP contribution < -0.4 is 5.32 Å². The van der Waals surface area contributed by atoms with Crippen LogP contribution in [0.4, 0.5) is 5.69 Å². The van der Waals surface area contributed by atoms with E-state index in [0.717, 1.165) is 16.9 Å². The first-order valence-electron chi connectivity index (χ1n) is 5.26. The number of halogens is 2. The number of hydrogen-bond acceptors (Lipinski definition) is 2. The molecular weight excluding hydrogens is 255 g/mol. The molecule has 0 unspecified atom stereocenters. The first kappa shape index (κ1) is 12.2. The minimum Gasteiger partial charge on any atom is -0.379 e. The standard InChI is InChI=1S/C13H12Cl2N2/c1-9-13(3-2-6-16-9)17-8-10-7-11(14)4-5-12(10)15/h2-7,17H,8H2,1H3. The predicted octanol–water partition coefficient (Wildman–Crippen LogP) is 4.31. The molecule has 2 nitrogen and oxygen atoms in total. The first-order valence-corrected chi connectivity index (χ1v) is 6.02. The van der Waals surface area contributed by atoms with Crippen LogP contribution in [0.25, 0.3) is 0 Å². The molecule has 88 valence electrons. The zero-order valence-corrected chi connectivity index (χ0v) is 10.9. The number of nitrogens with one attached hydrogen (secondary N) is 1. The fourth-order valence-electron chi connectivity index (χ4n) is 1.54. The number of rotatable bonds is 3. The number of anilines is 1. The highest BCUT2D eigenvalue weighted by Crippen LogP contribution is 2.22. The van der Waals surface area contributed by atoms with E-state index >= 15 is 0 Å². The summed E-state index contributed by atoms with van der Waals surface area (Å²) in [5.74, 6) is 0. The second kappa shape index (κ2) is 5.39. The van der Waals surface area contributed by atoms with Gasteiger partial charge in [-0.1, -0.05) is 23.2 Å². The maximum atomic E-state index is 6.09. The Morgan fingerprint density at radius 1 is 1.24 bits per heavy atom. The molecule has 0 atom stereocenters. The quantitative estimate of drug-likeness (QED) is 0.896. The smallest absolute Gasteiger partial charge is 0.0603 e. The lowest BCUT2D eigenvalue weighted by atomic mass is 10.2. The molecule has 0 saturated carbocycles. The normalized spacial score (nSPS) is 10.3. The molecular formula is C13H12Cl2N2.